The lowest BCUT2D eigenvalue weighted by Gasteiger charge is -2.11. The molecule has 0 bridgehead atoms. The Kier molecular flexibility index (Phi) is 4.01. The van der Waals surface area contributed by atoms with Crippen LogP contribution in [0.4, 0.5) is 11.4 Å². The maximum Gasteiger partial charge on any atom is 0.292 e. The molecule has 0 aliphatic carbocycles. The molecule has 0 saturated heterocycles. The van der Waals surface area contributed by atoms with Crippen molar-refractivity contribution in [2.24, 2.45) is 0 Å². The molecule has 2 rings (SSSR count). The SMILES string of the molecule is Cc1ccc([N+](=O)[O-])c(NCc2cnc(Cl)s2)c1C. The van der Waals surface area contributed by atoms with E-state index in [1.54, 1.807) is 12.3 Å². The third-order valence-corrected chi connectivity index (χ3v) is 3.99. The molecule has 19 heavy (non-hydrogen) atoms. The van der Waals surface area contributed by atoms with Crippen LogP contribution in [0.15, 0.2) is 18.3 Å². The van der Waals surface area contributed by atoms with Crippen molar-refractivity contribution in [3.05, 3.63) is 48.9 Å². The third-order valence-electron chi connectivity index (χ3n) is 2.88. The van der Waals surface area contributed by atoms with E-state index >= 15 is 0 Å². The molecule has 0 amide bonds. The summed E-state index contributed by atoms with van der Waals surface area (Å²) < 4.78 is 0.465. The number of anilines is 1. The number of hydrogen-bond acceptors (Lipinski definition) is 5. The summed E-state index contributed by atoms with van der Waals surface area (Å²) in [5.74, 6) is 0. The molecule has 1 aromatic carbocycles. The molecular formula is C12H12ClN3O2S. The van der Waals surface area contributed by atoms with Crippen molar-refractivity contribution < 1.29 is 4.92 Å². The summed E-state index contributed by atoms with van der Waals surface area (Å²) in [6.45, 7) is 4.26. The Morgan fingerprint density at radius 2 is 2.21 bits per heavy atom. The quantitative estimate of drug-likeness (QED) is 0.685. The number of aryl methyl sites for hydroxylation is 1. The van der Waals surface area contributed by atoms with Crippen LogP contribution in [0.3, 0.4) is 0 Å². The number of halogens is 1. The van der Waals surface area contributed by atoms with Gasteiger partial charge in [0.25, 0.3) is 5.69 Å². The third kappa shape index (κ3) is 3.02. The highest BCUT2D eigenvalue weighted by Gasteiger charge is 2.17. The largest absolute Gasteiger partial charge is 0.374 e. The predicted octanol–water partition coefficient (Wildman–Crippen LogP) is 3.93. The Labute approximate surface area is 119 Å². The van der Waals surface area contributed by atoms with Crippen LogP contribution in [0.2, 0.25) is 4.47 Å². The van der Waals surface area contributed by atoms with Gasteiger partial charge in [0.15, 0.2) is 4.47 Å². The van der Waals surface area contributed by atoms with Gasteiger partial charge in [-0.2, -0.15) is 0 Å². The van der Waals surface area contributed by atoms with Gasteiger partial charge in [-0.1, -0.05) is 17.7 Å². The normalized spacial score (nSPS) is 10.5. The number of rotatable bonds is 4. The van der Waals surface area contributed by atoms with Crippen molar-refractivity contribution in [3.8, 4) is 0 Å². The van der Waals surface area contributed by atoms with E-state index in [4.69, 9.17) is 11.6 Å². The second kappa shape index (κ2) is 5.54. The van der Waals surface area contributed by atoms with E-state index in [0.29, 0.717) is 16.7 Å². The van der Waals surface area contributed by atoms with Crippen LogP contribution >= 0.6 is 22.9 Å². The van der Waals surface area contributed by atoms with E-state index in [9.17, 15) is 10.1 Å². The number of benzene rings is 1. The van der Waals surface area contributed by atoms with Gasteiger partial charge in [0.2, 0.25) is 0 Å². The lowest BCUT2D eigenvalue weighted by molar-refractivity contribution is -0.384. The van der Waals surface area contributed by atoms with Crippen LogP contribution in [-0.4, -0.2) is 9.91 Å². The lowest BCUT2D eigenvalue weighted by atomic mass is 10.1. The molecule has 5 nitrogen and oxygen atoms in total. The molecule has 0 spiro atoms. The first-order valence-electron chi connectivity index (χ1n) is 5.57. The first kappa shape index (κ1) is 13.8. The summed E-state index contributed by atoms with van der Waals surface area (Å²) in [5.41, 5.74) is 2.52. The summed E-state index contributed by atoms with van der Waals surface area (Å²) in [6, 6.07) is 3.27. The molecule has 0 fully saturated rings. The van der Waals surface area contributed by atoms with E-state index < -0.39 is 0 Å². The molecule has 2 aromatic rings. The molecular weight excluding hydrogens is 286 g/mol. The van der Waals surface area contributed by atoms with Crippen LogP contribution in [0, 0.1) is 24.0 Å². The van der Waals surface area contributed by atoms with E-state index in [1.807, 2.05) is 13.8 Å². The molecule has 0 atom stereocenters. The van der Waals surface area contributed by atoms with Gasteiger partial charge >= 0.3 is 0 Å². The lowest BCUT2D eigenvalue weighted by Crippen LogP contribution is -2.04. The number of thiazole rings is 1. The van der Waals surface area contributed by atoms with Gasteiger partial charge in [-0.05, 0) is 25.0 Å². The van der Waals surface area contributed by atoms with Gasteiger partial charge in [0.05, 0.1) is 11.5 Å². The fourth-order valence-corrected chi connectivity index (χ4v) is 2.64. The topological polar surface area (TPSA) is 68.1 Å². The van der Waals surface area contributed by atoms with Gasteiger partial charge in [-0.15, -0.1) is 11.3 Å². The summed E-state index contributed by atoms with van der Waals surface area (Å²) in [6.07, 6.45) is 1.66. The van der Waals surface area contributed by atoms with Crippen molar-refractivity contribution in [2.45, 2.75) is 20.4 Å². The fourth-order valence-electron chi connectivity index (χ4n) is 1.72. The minimum absolute atomic E-state index is 0.0821. The average Bonchev–Trinajstić information content (AvgIpc) is 2.76. The van der Waals surface area contributed by atoms with Crippen LogP contribution < -0.4 is 5.32 Å². The number of nitrogens with one attached hydrogen (secondary N) is 1. The maximum atomic E-state index is 11.0. The first-order chi connectivity index (χ1) is 8.99. The predicted molar refractivity (Wildman–Crippen MR) is 77.0 cm³/mol. The van der Waals surface area contributed by atoms with E-state index in [-0.39, 0.29) is 10.6 Å². The van der Waals surface area contributed by atoms with Crippen LogP contribution in [-0.2, 0) is 6.54 Å². The number of nitro groups is 1. The molecule has 1 aromatic heterocycles. The van der Waals surface area contributed by atoms with Gasteiger partial charge in [-0.3, -0.25) is 10.1 Å². The average molecular weight is 298 g/mol. The summed E-state index contributed by atoms with van der Waals surface area (Å²) in [4.78, 5) is 15.5. The van der Waals surface area contributed by atoms with Gasteiger partial charge in [0, 0.05) is 17.1 Å². The Morgan fingerprint density at radius 3 is 2.79 bits per heavy atom. The summed E-state index contributed by atoms with van der Waals surface area (Å²) >= 11 is 7.11. The number of hydrogen-bond donors (Lipinski definition) is 1. The highest BCUT2D eigenvalue weighted by atomic mass is 35.5. The molecule has 0 aliphatic rings. The molecule has 0 aliphatic heterocycles. The maximum absolute atomic E-state index is 11.0. The van der Waals surface area contributed by atoms with Crippen molar-refractivity contribution in [2.75, 3.05) is 5.32 Å². The Bertz CT molecular complexity index is 627. The van der Waals surface area contributed by atoms with Crippen molar-refractivity contribution in [1.29, 1.82) is 0 Å². The van der Waals surface area contributed by atoms with Crippen molar-refractivity contribution in [1.82, 2.24) is 4.98 Å². The zero-order valence-electron chi connectivity index (χ0n) is 10.4. The molecule has 0 saturated carbocycles. The summed E-state index contributed by atoms with van der Waals surface area (Å²) in [7, 11) is 0. The number of nitro benzene ring substituents is 1. The van der Waals surface area contributed by atoms with Crippen molar-refractivity contribution in [3.63, 3.8) is 0 Å². The smallest absolute Gasteiger partial charge is 0.292 e. The molecule has 100 valence electrons. The fraction of sp³-hybridized carbons (Fsp3) is 0.250. The van der Waals surface area contributed by atoms with Crippen LogP contribution in [0.25, 0.3) is 0 Å². The Morgan fingerprint density at radius 1 is 1.47 bits per heavy atom. The first-order valence-corrected chi connectivity index (χ1v) is 6.77. The zero-order valence-corrected chi connectivity index (χ0v) is 12.0. The summed E-state index contributed by atoms with van der Waals surface area (Å²) in [5, 5.41) is 14.1. The molecule has 7 heteroatoms. The van der Waals surface area contributed by atoms with E-state index in [0.717, 1.165) is 16.0 Å². The molecule has 0 unspecified atom stereocenters. The molecule has 0 radical (unpaired) electrons. The minimum atomic E-state index is -0.381. The van der Waals surface area contributed by atoms with Gasteiger partial charge in [0.1, 0.15) is 5.69 Å². The molecule has 1 N–H and O–H groups in total. The second-order valence-electron chi connectivity index (χ2n) is 4.09. The highest BCUT2D eigenvalue weighted by molar-refractivity contribution is 7.15. The number of aromatic nitrogens is 1. The molecule has 1 heterocycles. The van der Waals surface area contributed by atoms with E-state index in [2.05, 4.69) is 10.3 Å². The second-order valence-corrected chi connectivity index (χ2v) is 5.79. The van der Waals surface area contributed by atoms with Gasteiger partial charge in [-0.25, -0.2) is 4.98 Å². The van der Waals surface area contributed by atoms with Gasteiger partial charge < -0.3 is 5.32 Å². The Balaban J connectivity index is 2.28. The standard InChI is InChI=1S/C12H12ClN3O2S/c1-7-3-4-10(16(17)18)11(8(7)2)14-5-9-6-15-12(13)19-9/h3-4,6,14H,5H2,1-2H3. The monoisotopic (exact) mass is 297 g/mol. The number of nitrogens with zero attached hydrogens (tertiary/aromatic N) is 2. The minimum Gasteiger partial charge on any atom is -0.374 e. The zero-order chi connectivity index (χ0) is 14.0. The van der Waals surface area contributed by atoms with Crippen LogP contribution in [0.5, 0.6) is 0 Å². The van der Waals surface area contributed by atoms with E-state index in [1.165, 1.54) is 17.4 Å². The Hall–Kier alpha value is -1.66. The van der Waals surface area contributed by atoms with Crippen LogP contribution in [0.1, 0.15) is 16.0 Å². The highest BCUT2D eigenvalue weighted by Crippen LogP contribution is 2.31. The van der Waals surface area contributed by atoms with Crippen molar-refractivity contribution >= 4 is 34.3 Å².